The van der Waals surface area contributed by atoms with E-state index in [1.807, 2.05) is 24.0 Å². The molecule has 33 heavy (non-hydrogen) atoms. The third-order valence-electron chi connectivity index (χ3n) is 5.73. The minimum atomic E-state index is -3.92. The first-order valence-electron chi connectivity index (χ1n) is 11.1. The standard InChI is InChI=1S/C24H31F2N3O3S/c1-17(2)14-19-4-6-20(7-5-19)18(3)27-24(30)16-28-10-12-29(13-11-28)33(31,32)21-8-9-22(25)23(26)15-21/h4-9,15,17-18H,10-14,16H2,1-3H3,(H,27,30)/t18-/m0/s1. The third-order valence-corrected chi connectivity index (χ3v) is 7.62. The number of hydrogen-bond acceptors (Lipinski definition) is 4. The molecule has 3 rings (SSSR count). The highest BCUT2D eigenvalue weighted by molar-refractivity contribution is 7.89. The Morgan fingerprint density at radius 3 is 2.18 bits per heavy atom. The SMILES string of the molecule is CC(C)Cc1ccc([C@H](C)NC(=O)CN2CCN(S(=O)(=O)c3ccc(F)c(F)c3)CC2)cc1. The molecule has 0 aromatic heterocycles. The highest BCUT2D eigenvalue weighted by Crippen LogP contribution is 2.20. The van der Waals surface area contributed by atoms with Crippen molar-refractivity contribution in [2.45, 2.75) is 38.1 Å². The predicted molar refractivity (Wildman–Crippen MR) is 123 cm³/mol. The molecule has 0 spiro atoms. The van der Waals surface area contributed by atoms with E-state index < -0.39 is 21.7 Å². The molecule has 1 fully saturated rings. The van der Waals surface area contributed by atoms with E-state index in [0.717, 1.165) is 24.1 Å². The fourth-order valence-electron chi connectivity index (χ4n) is 3.90. The zero-order valence-electron chi connectivity index (χ0n) is 19.2. The van der Waals surface area contributed by atoms with E-state index >= 15 is 0 Å². The molecule has 1 N–H and O–H groups in total. The molecule has 1 aliphatic rings. The van der Waals surface area contributed by atoms with E-state index in [1.54, 1.807) is 0 Å². The number of nitrogens with zero attached hydrogens (tertiary/aromatic N) is 2. The lowest BCUT2D eigenvalue weighted by atomic mass is 10.00. The first-order chi connectivity index (χ1) is 15.6. The molecule has 1 aliphatic heterocycles. The van der Waals surface area contributed by atoms with Crippen LogP contribution in [0.2, 0.25) is 0 Å². The molecule has 1 heterocycles. The number of benzene rings is 2. The van der Waals surface area contributed by atoms with Gasteiger partial charge >= 0.3 is 0 Å². The van der Waals surface area contributed by atoms with Gasteiger partial charge in [0.05, 0.1) is 17.5 Å². The van der Waals surface area contributed by atoms with Gasteiger partial charge in [-0.1, -0.05) is 38.1 Å². The molecule has 9 heteroatoms. The average Bonchev–Trinajstić information content (AvgIpc) is 2.76. The van der Waals surface area contributed by atoms with Crippen LogP contribution in [0.15, 0.2) is 47.4 Å². The zero-order valence-corrected chi connectivity index (χ0v) is 20.0. The molecule has 2 aromatic carbocycles. The van der Waals surface area contributed by atoms with Crippen LogP contribution in [0.1, 0.15) is 37.9 Å². The Bertz CT molecular complexity index is 1070. The van der Waals surface area contributed by atoms with E-state index in [4.69, 9.17) is 0 Å². The fourth-order valence-corrected chi connectivity index (χ4v) is 5.34. The summed E-state index contributed by atoms with van der Waals surface area (Å²) < 4.78 is 53.2. The number of carbonyl (C=O) groups excluding carboxylic acids is 1. The molecule has 2 aromatic rings. The van der Waals surface area contributed by atoms with Crippen LogP contribution in [0, 0.1) is 17.6 Å². The molecule has 1 amide bonds. The Morgan fingerprint density at radius 2 is 1.61 bits per heavy atom. The number of carbonyl (C=O) groups is 1. The second-order valence-electron chi connectivity index (χ2n) is 8.88. The summed E-state index contributed by atoms with van der Waals surface area (Å²) in [6.07, 6.45) is 1.01. The normalized spacial score (nSPS) is 16.7. The monoisotopic (exact) mass is 479 g/mol. The van der Waals surface area contributed by atoms with Gasteiger partial charge in [0, 0.05) is 26.2 Å². The molecule has 0 aliphatic carbocycles. The molecule has 0 saturated carbocycles. The van der Waals surface area contributed by atoms with E-state index in [-0.39, 0.29) is 36.5 Å². The van der Waals surface area contributed by atoms with E-state index in [9.17, 15) is 22.0 Å². The second-order valence-corrected chi connectivity index (χ2v) is 10.8. The Morgan fingerprint density at radius 1 is 0.970 bits per heavy atom. The summed E-state index contributed by atoms with van der Waals surface area (Å²) in [5.74, 6) is -1.84. The molecular formula is C24H31F2N3O3S. The van der Waals surface area contributed by atoms with Crippen LogP contribution in [-0.4, -0.2) is 56.3 Å². The summed E-state index contributed by atoms with van der Waals surface area (Å²) in [6, 6.07) is 10.7. The number of hydrogen-bond donors (Lipinski definition) is 1. The third kappa shape index (κ3) is 6.59. The lowest BCUT2D eigenvalue weighted by molar-refractivity contribution is -0.123. The maximum atomic E-state index is 13.5. The highest BCUT2D eigenvalue weighted by Gasteiger charge is 2.29. The highest BCUT2D eigenvalue weighted by atomic mass is 32.2. The van der Waals surface area contributed by atoms with Crippen LogP contribution in [0.3, 0.4) is 0 Å². The van der Waals surface area contributed by atoms with Crippen LogP contribution in [0.4, 0.5) is 8.78 Å². The van der Waals surface area contributed by atoms with Gasteiger partial charge in [-0.15, -0.1) is 0 Å². The van der Waals surface area contributed by atoms with Gasteiger partial charge in [0.25, 0.3) is 0 Å². The number of amides is 1. The smallest absolute Gasteiger partial charge is 0.243 e. The number of nitrogens with one attached hydrogen (secondary N) is 1. The van der Waals surface area contributed by atoms with Crippen molar-refractivity contribution in [2.75, 3.05) is 32.7 Å². The fraction of sp³-hybridized carbons (Fsp3) is 0.458. The van der Waals surface area contributed by atoms with Crippen LogP contribution in [0.5, 0.6) is 0 Å². The van der Waals surface area contributed by atoms with Gasteiger partial charge in [-0.2, -0.15) is 4.31 Å². The van der Waals surface area contributed by atoms with Crippen molar-refractivity contribution in [3.63, 3.8) is 0 Å². The largest absolute Gasteiger partial charge is 0.348 e. The predicted octanol–water partition coefficient (Wildman–Crippen LogP) is 3.35. The summed E-state index contributed by atoms with van der Waals surface area (Å²) in [5.41, 5.74) is 2.29. The van der Waals surface area contributed by atoms with Crippen molar-refractivity contribution in [2.24, 2.45) is 5.92 Å². The summed E-state index contributed by atoms with van der Waals surface area (Å²) in [5, 5.41) is 2.99. The molecule has 1 saturated heterocycles. The van der Waals surface area contributed by atoms with Crippen molar-refractivity contribution in [3.05, 3.63) is 65.2 Å². The molecule has 0 bridgehead atoms. The van der Waals surface area contributed by atoms with Gasteiger partial charge in [0.1, 0.15) is 0 Å². The molecule has 0 unspecified atom stereocenters. The van der Waals surface area contributed by atoms with Crippen LogP contribution >= 0.6 is 0 Å². The van der Waals surface area contributed by atoms with Gasteiger partial charge in [-0.25, -0.2) is 17.2 Å². The Labute approximate surface area is 194 Å². The molecular weight excluding hydrogens is 448 g/mol. The number of rotatable bonds is 8. The molecule has 6 nitrogen and oxygen atoms in total. The van der Waals surface area contributed by atoms with Crippen molar-refractivity contribution < 1.29 is 22.0 Å². The lowest BCUT2D eigenvalue weighted by Gasteiger charge is -2.33. The minimum Gasteiger partial charge on any atom is -0.348 e. The van der Waals surface area contributed by atoms with Crippen molar-refractivity contribution in [1.29, 1.82) is 0 Å². The lowest BCUT2D eigenvalue weighted by Crippen LogP contribution is -2.51. The average molecular weight is 480 g/mol. The Balaban J connectivity index is 1.50. The quantitative estimate of drug-likeness (QED) is 0.631. The molecule has 180 valence electrons. The summed E-state index contributed by atoms with van der Waals surface area (Å²) in [6.45, 7) is 7.52. The summed E-state index contributed by atoms with van der Waals surface area (Å²) in [4.78, 5) is 14.1. The summed E-state index contributed by atoms with van der Waals surface area (Å²) >= 11 is 0. The van der Waals surface area contributed by atoms with Crippen LogP contribution < -0.4 is 5.32 Å². The van der Waals surface area contributed by atoms with Gasteiger partial charge in [0.2, 0.25) is 15.9 Å². The van der Waals surface area contributed by atoms with Gasteiger partial charge < -0.3 is 5.32 Å². The second kappa shape index (κ2) is 10.7. The number of halogens is 2. The minimum absolute atomic E-state index is 0.134. The van der Waals surface area contributed by atoms with Crippen LogP contribution in [-0.2, 0) is 21.2 Å². The first-order valence-corrected chi connectivity index (χ1v) is 12.6. The van der Waals surface area contributed by atoms with E-state index in [2.05, 4.69) is 31.3 Å². The number of piperazine rings is 1. The van der Waals surface area contributed by atoms with Crippen molar-refractivity contribution in [3.8, 4) is 0 Å². The Kier molecular flexibility index (Phi) is 8.20. The summed E-state index contributed by atoms with van der Waals surface area (Å²) in [7, 11) is -3.92. The maximum Gasteiger partial charge on any atom is 0.243 e. The molecule has 0 radical (unpaired) electrons. The van der Waals surface area contributed by atoms with E-state index in [1.165, 1.54) is 9.87 Å². The maximum absolute atomic E-state index is 13.5. The van der Waals surface area contributed by atoms with E-state index in [0.29, 0.717) is 25.1 Å². The molecule has 1 atom stereocenters. The first kappa shape index (κ1) is 25.3. The van der Waals surface area contributed by atoms with Gasteiger partial charge in [0.15, 0.2) is 11.6 Å². The van der Waals surface area contributed by atoms with Gasteiger partial charge in [-0.3, -0.25) is 9.69 Å². The number of sulfonamides is 1. The van der Waals surface area contributed by atoms with Crippen molar-refractivity contribution in [1.82, 2.24) is 14.5 Å². The topological polar surface area (TPSA) is 69.7 Å². The van der Waals surface area contributed by atoms with Crippen molar-refractivity contribution >= 4 is 15.9 Å². The van der Waals surface area contributed by atoms with Crippen LogP contribution in [0.25, 0.3) is 0 Å². The zero-order chi connectivity index (χ0) is 24.2. The Hall–Kier alpha value is -2.36. The van der Waals surface area contributed by atoms with Gasteiger partial charge in [-0.05, 0) is 48.6 Å².